The standard InChI is InChI=1S/C13H14ClN3S/c1-7-4-10-11(15-13(14)16-12(10)18-7)17-6-8-2-3-9(17)5-8/h4,8-9H,2-3,5-6H2,1H3. The fraction of sp³-hybridized carbons (Fsp3) is 0.538. The molecule has 1 aliphatic carbocycles. The molecule has 0 aromatic carbocycles. The van der Waals surface area contributed by atoms with Gasteiger partial charge in [0.05, 0.1) is 5.39 Å². The van der Waals surface area contributed by atoms with Crippen LogP contribution in [0.4, 0.5) is 5.82 Å². The second kappa shape index (κ2) is 3.81. The second-order valence-electron chi connectivity index (χ2n) is 5.38. The highest BCUT2D eigenvalue weighted by Crippen LogP contribution is 2.42. The van der Waals surface area contributed by atoms with Gasteiger partial charge in [0.15, 0.2) is 0 Å². The van der Waals surface area contributed by atoms with Gasteiger partial charge in [-0.3, -0.25) is 0 Å². The molecule has 2 fully saturated rings. The maximum Gasteiger partial charge on any atom is 0.225 e. The Morgan fingerprint density at radius 2 is 2.28 bits per heavy atom. The van der Waals surface area contributed by atoms with E-state index in [1.807, 2.05) is 0 Å². The van der Waals surface area contributed by atoms with Crippen molar-refractivity contribution in [1.29, 1.82) is 0 Å². The average molecular weight is 280 g/mol. The third kappa shape index (κ3) is 1.55. The Morgan fingerprint density at radius 3 is 3.00 bits per heavy atom. The van der Waals surface area contributed by atoms with Gasteiger partial charge in [-0.15, -0.1) is 11.3 Å². The van der Waals surface area contributed by atoms with Gasteiger partial charge in [-0.1, -0.05) is 0 Å². The van der Waals surface area contributed by atoms with E-state index in [-0.39, 0.29) is 0 Å². The Hall–Kier alpha value is -0.870. The van der Waals surface area contributed by atoms with E-state index in [9.17, 15) is 0 Å². The molecule has 4 rings (SSSR count). The minimum Gasteiger partial charge on any atom is -0.353 e. The Bertz CT molecular complexity index is 624. The van der Waals surface area contributed by atoms with Crippen molar-refractivity contribution in [2.45, 2.75) is 32.2 Å². The van der Waals surface area contributed by atoms with Crippen LogP contribution in [0.25, 0.3) is 10.2 Å². The summed E-state index contributed by atoms with van der Waals surface area (Å²) < 4.78 is 0. The van der Waals surface area contributed by atoms with Crippen molar-refractivity contribution in [2.75, 3.05) is 11.4 Å². The smallest absolute Gasteiger partial charge is 0.225 e. The maximum atomic E-state index is 6.07. The van der Waals surface area contributed by atoms with Gasteiger partial charge in [-0.2, -0.15) is 4.98 Å². The lowest BCUT2D eigenvalue weighted by molar-refractivity contribution is 0.551. The molecule has 5 heteroatoms. The second-order valence-corrected chi connectivity index (χ2v) is 6.95. The fourth-order valence-electron chi connectivity index (χ4n) is 3.40. The van der Waals surface area contributed by atoms with Crippen molar-refractivity contribution in [3.8, 4) is 0 Å². The van der Waals surface area contributed by atoms with Crippen LogP contribution in [0, 0.1) is 12.8 Å². The quantitative estimate of drug-likeness (QED) is 0.746. The molecule has 1 saturated heterocycles. The van der Waals surface area contributed by atoms with Crippen molar-refractivity contribution < 1.29 is 0 Å². The molecule has 3 nitrogen and oxygen atoms in total. The minimum atomic E-state index is 0.377. The Balaban J connectivity index is 1.88. The molecule has 2 aliphatic rings. The summed E-state index contributed by atoms with van der Waals surface area (Å²) in [6.07, 6.45) is 4.01. The van der Waals surface area contributed by atoms with Crippen molar-refractivity contribution >= 4 is 39.0 Å². The topological polar surface area (TPSA) is 29.0 Å². The summed E-state index contributed by atoms with van der Waals surface area (Å²) in [6, 6.07) is 2.86. The summed E-state index contributed by atoms with van der Waals surface area (Å²) >= 11 is 7.77. The lowest BCUT2D eigenvalue weighted by Gasteiger charge is -2.28. The van der Waals surface area contributed by atoms with Gasteiger partial charge in [0.2, 0.25) is 5.28 Å². The molecular formula is C13H14ClN3S. The van der Waals surface area contributed by atoms with Gasteiger partial charge in [0.1, 0.15) is 10.6 Å². The van der Waals surface area contributed by atoms with Crippen LogP contribution < -0.4 is 4.90 Å². The molecule has 0 N–H and O–H groups in total. The maximum absolute atomic E-state index is 6.07. The van der Waals surface area contributed by atoms with Crippen LogP contribution in [0.2, 0.25) is 5.28 Å². The van der Waals surface area contributed by atoms with Crippen LogP contribution in [0.3, 0.4) is 0 Å². The van der Waals surface area contributed by atoms with E-state index >= 15 is 0 Å². The van der Waals surface area contributed by atoms with Crippen LogP contribution in [-0.2, 0) is 0 Å². The van der Waals surface area contributed by atoms with Gasteiger partial charge in [0.25, 0.3) is 0 Å². The predicted molar refractivity (Wildman–Crippen MR) is 75.6 cm³/mol. The van der Waals surface area contributed by atoms with Crippen molar-refractivity contribution in [2.24, 2.45) is 5.92 Å². The van der Waals surface area contributed by atoms with E-state index in [0.29, 0.717) is 11.3 Å². The number of aromatic nitrogens is 2. The molecule has 3 heterocycles. The minimum absolute atomic E-state index is 0.377. The Morgan fingerprint density at radius 1 is 1.39 bits per heavy atom. The van der Waals surface area contributed by atoms with E-state index in [2.05, 4.69) is 27.9 Å². The van der Waals surface area contributed by atoms with Crippen LogP contribution in [0.5, 0.6) is 0 Å². The van der Waals surface area contributed by atoms with E-state index < -0.39 is 0 Å². The summed E-state index contributed by atoms with van der Waals surface area (Å²) in [5.74, 6) is 1.92. The Kier molecular flexibility index (Phi) is 2.33. The third-order valence-corrected chi connectivity index (χ3v) is 5.26. The number of fused-ring (bicyclic) bond motifs is 3. The van der Waals surface area contributed by atoms with Gasteiger partial charge in [0, 0.05) is 17.5 Å². The number of anilines is 1. The third-order valence-electron chi connectivity index (χ3n) is 4.15. The summed E-state index contributed by atoms with van der Waals surface area (Å²) in [5, 5.41) is 1.55. The number of thiophene rings is 1. The number of nitrogens with zero attached hydrogens (tertiary/aromatic N) is 3. The lowest BCUT2D eigenvalue weighted by atomic mass is 10.1. The zero-order valence-electron chi connectivity index (χ0n) is 10.2. The first-order chi connectivity index (χ1) is 8.70. The normalized spacial score (nSPS) is 26.4. The van der Waals surface area contributed by atoms with Crippen LogP contribution >= 0.6 is 22.9 Å². The number of aryl methyl sites for hydroxylation is 1. The number of hydrogen-bond donors (Lipinski definition) is 0. The molecule has 2 aromatic rings. The molecular weight excluding hydrogens is 266 g/mol. The first kappa shape index (κ1) is 11.0. The number of halogens is 1. The molecule has 2 bridgehead atoms. The van der Waals surface area contributed by atoms with Gasteiger partial charge in [-0.25, -0.2) is 4.98 Å². The van der Waals surface area contributed by atoms with E-state index in [4.69, 9.17) is 11.6 Å². The zero-order chi connectivity index (χ0) is 12.3. The number of piperidine rings is 1. The van der Waals surface area contributed by atoms with Crippen LogP contribution in [-0.4, -0.2) is 22.6 Å². The van der Waals surface area contributed by atoms with Crippen LogP contribution in [0.15, 0.2) is 6.07 Å². The molecule has 0 amide bonds. The van der Waals surface area contributed by atoms with Crippen molar-refractivity contribution in [3.05, 3.63) is 16.2 Å². The van der Waals surface area contributed by atoms with E-state index in [1.54, 1.807) is 11.3 Å². The van der Waals surface area contributed by atoms with Gasteiger partial charge < -0.3 is 4.90 Å². The molecule has 2 unspecified atom stereocenters. The lowest BCUT2D eigenvalue weighted by Crippen LogP contribution is -2.32. The highest BCUT2D eigenvalue weighted by molar-refractivity contribution is 7.18. The monoisotopic (exact) mass is 279 g/mol. The predicted octanol–water partition coefficient (Wildman–Crippen LogP) is 3.64. The molecule has 0 spiro atoms. The summed E-state index contributed by atoms with van der Waals surface area (Å²) in [6.45, 7) is 3.25. The van der Waals surface area contributed by atoms with Crippen LogP contribution in [0.1, 0.15) is 24.1 Å². The van der Waals surface area contributed by atoms with Crippen molar-refractivity contribution in [1.82, 2.24) is 9.97 Å². The number of rotatable bonds is 1. The first-order valence-electron chi connectivity index (χ1n) is 6.41. The summed E-state index contributed by atoms with van der Waals surface area (Å²) in [4.78, 5) is 13.6. The molecule has 0 radical (unpaired) electrons. The summed E-state index contributed by atoms with van der Waals surface area (Å²) in [5.41, 5.74) is 0. The van der Waals surface area contributed by atoms with Gasteiger partial charge in [-0.05, 0) is 49.8 Å². The molecule has 2 atom stereocenters. The number of hydrogen-bond acceptors (Lipinski definition) is 4. The summed E-state index contributed by atoms with van der Waals surface area (Å²) in [7, 11) is 0. The fourth-order valence-corrected chi connectivity index (χ4v) is 4.49. The molecule has 1 saturated carbocycles. The molecule has 18 heavy (non-hydrogen) atoms. The van der Waals surface area contributed by atoms with Gasteiger partial charge >= 0.3 is 0 Å². The molecule has 94 valence electrons. The average Bonchev–Trinajstić information content (AvgIpc) is 3.00. The van der Waals surface area contributed by atoms with Crippen molar-refractivity contribution in [3.63, 3.8) is 0 Å². The zero-order valence-corrected chi connectivity index (χ0v) is 11.8. The molecule has 2 aromatic heterocycles. The Labute approximate surface area is 115 Å². The largest absolute Gasteiger partial charge is 0.353 e. The highest BCUT2D eigenvalue weighted by Gasteiger charge is 2.39. The van der Waals surface area contributed by atoms with E-state index in [0.717, 1.165) is 23.1 Å². The first-order valence-corrected chi connectivity index (χ1v) is 7.60. The molecule has 1 aliphatic heterocycles. The van der Waals surface area contributed by atoms with E-state index in [1.165, 1.54) is 29.5 Å². The highest BCUT2D eigenvalue weighted by atomic mass is 35.5. The SMILES string of the molecule is Cc1cc2c(N3CC4CCC3C4)nc(Cl)nc2s1.